The van der Waals surface area contributed by atoms with Gasteiger partial charge < -0.3 is 10.6 Å². The molecular formula is C11H11ClN4. The first-order valence-electron chi connectivity index (χ1n) is 4.75. The second-order valence-corrected chi connectivity index (χ2v) is 3.69. The van der Waals surface area contributed by atoms with Gasteiger partial charge in [0.25, 0.3) is 0 Å². The third-order valence-electron chi connectivity index (χ3n) is 2.19. The molecule has 0 bridgehead atoms. The van der Waals surface area contributed by atoms with Crippen LogP contribution in [0.1, 0.15) is 0 Å². The van der Waals surface area contributed by atoms with Crippen molar-refractivity contribution in [1.29, 1.82) is 0 Å². The molecule has 1 heterocycles. The second-order valence-electron chi connectivity index (χ2n) is 3.30. The Kier molecular flexibility index (Phi) is 2.92. The minimum atomic E-state index is 0.172. The molecule has 0 saturated heterocycles. The Bertz CT molecular complexity index is 466. The summed E-state index contributed by atoms with van der Waals surface area (Å²) < 4.78 is 0. The van der Waals surface area contributed by atoms with Gasteiger partial charge in [-0.05, 0) is 12.1 Å². The highest BCUT2D eigenvalue weighted by molar-refractivity contribution is 6.29. The van der Waals surface area contributed by atoms with Gasteiger partial charge in [-0.2, -0.15) is 4.98 Å². The molecule has 0 spiro atoms. The number of hydrogen-bond donors (Lipinski definition) is 1. The molecule has 0 unspecified atom stereocenters. The lowest BCUT2D eigenvalue weighted by Gasteiger charge is -2.18. The molecule has 82 valence electrons. The predicted octanol–water partition coefficient (Wildman–Crippen LogP) is 2.48. The molecule has 0 aliphatic heterocycles. The Hall–Kier alpha value is -1.81. The number of nitrogens with zero attached hydrogens (tertiary/aromatic N) is 3. The van der Waals surface area contributed by atoms with E-state index in [0.717, 1.165) is 5.69 Å². The molecule has 2 rings (SSSR count). The summed E-state index contributed by atoms with van der Waals surface area (Å²) in [7, 11) is 1.90. The van der Waals surface area contributed by atoms with E-state index in [9.17, 15) is 0 Å². The topological polar surface area (TPSA) is 55.0 Å². The minimum absolute atomic E-state index is 0.172. The molecule has 1 aromatic heterocycles. The van der Waals surface area contributed by atoms with Gasteiger partial charge >= 0.3 is 0 Å². The van der Waals surface area contributed by atoms with Gasteiger partial charge in [0.05, 0.1) is 0 Å². The zero-order chi connectivity index (χ0) is 11.5. The number of anilines is 3. The van der Waals surface area contributed by atoms with E-state index in [2.05, 4.69) is 9.97 Å². The Labute approximate surface area is 98.7 Å². The average Bonchev–Trinajstić information content (AvgIpc) is 2.28. The Morgan fingerprint density at radius 1 is 1.19 bits per heavy atom. The van der Waals surface area contributed by atoms with Crippen LogP contribution in [-0.2, 0) is 0 Å². The molecule has 16 heavy (non-hydrogen) atoms. The van der Waals surface area contributed by atoms with Crippen molar-refractivity contribution >= 4 is 29.1 Å². The standard InChI is InChI=1S/C11H11ClN4/c1-16(8-5-3-2-4-6-8)10-7-9(12)14-11(13)15-10/h2-7H,1H3,(H2,13,14,15). The number of benzene rings is 1. The quantitative estimate of drug-likeness (QED) is 0.812. The highest BCUT2D eigenvalue weighted by Gasteiger charge is 2.07. The van der Waals surface area contributed by atoms with Crippen molar-refractivity contribution in [3.8, 4) is 0 Å². The summed E-state index contributed by atoms with van der Waals surface area (Å²) in [5.74, 6) is 0.842. The fourth-order valence-corrected chi connectivity index (χ4v) is 1.56. The third kappa shape index (κ3) is 2.23. The van der Waals surface area contributed by atoms with Gasteiger partial charge in [0, 0.05) is 18.8 Å². The van der Waals surface area contributed by atoms with Crippen LogP contribution in [0, 0.1) is 0 Å². The van der Waals surface area contributed by atoms with Crippen LogP contribution in [0.5, 0.6) is 0 Å². The smallest absolute Gasteiger partial charge is 0.223 e. The molecule has 0 amide bonds. The van der Waals surface area contributed by atoms with Crippen molar-refractivity contribution in [2.45, 2.75) is 0 Å². The lowest BCUT2D eigenvalue weighted by molar-refractivity contribution is 1.09. The zero-order valence-corrected chi connectivity index (χ0v) is 9.52. The monoisotopic (exact) mass is 234 g/mol. The van der Waals surface area contributed by atoms with Gasteiger partial charge in [-0.1, -0.05) is 29.8 Å². The minimum Gasteiger partial charge on any atom is -0.368 e. The lowest BCUT2D eigenvalue weighted by atomic mass is 10.3. The van der Waals surface area contributed by atoms with Crippen molar-refractivity contribution in [2.75, 3.05) is 17.7 Å². The number of rotatable bonds is 2. The summed E-state index contributed by atoms with van der Waals surface area (Å²) in [6.45, 7) is 0. The first kappa shape index (κ1) is 10.7. The maximum atomic E-state index is 5.82. The first-order valence-corrected chi connectivity index (χ1v) is 5.13. The molecule has 2 aromatic rings. The summed E-state index contributed by atoms with van der Waals surface area (Å²) >= 11 is 5.82. The summed E-state index contributed by atoms with van der Waals surface area (Å²) in [6.07, 6.45) is 0. The van der Waals surface area contributed by atoms with Crippen molar-refractivity contribution in [1.82, 2.24) is 9.97 Å². The Morgan fingerprint density at radius 2 is 1.88 bits per heavy atom. The summed E-state index contributed by atoms with van der Waals surface area (Å²) in [5, 5.41) is 0.338. The van der Waals surface area contributed by atoms with Crippen molar-refractivity contribution in [2.24, 2.45) is 0 Å². The van der Waals surface area contributed by atoms with E-state index in [1.54, 1.807) is 6.07 Å². The summed E-state index contributed by atoms with van der Waals surface area (Å²) in [4.78, 5) is 9.83. The molecule has 1 aromatic carbocycles. The number of hydrogen-bond acceptors (Lipinski definition) is 4. The van der Waals surface area contributed by atoms with Gasteiger partial charge in [0.1, 0.15) is 11.0 Å². The third-order valence-corrected chi connectivity index (χ3v) is 2.38. The molecule has 0 saturated carbocycles. The van der Waals surface area contributed by atoms with Gasteiger partial charge in [-0.3, -0.25) is 0 Å². The van der Waals surface area contributed by atoms with Crippen LogP contribution in [0.3, 0.4) is 0 Å². The van der Waals surface area contributed by atoms with E-state index >= 15 is 0 Å². The van der Waals surface area contributed by atoms with Crippen LogP contribution in [0.2, 0.25) is 5.15 Å². The van der Waals surface area contributed by atoms with Crippen LogP contribution >= 0.6 is 11.6 Å². The van der Waals surface area contributed by atoms with Crippen LogP contribution in [0.4, 0.5) is 17.5 Å². The Balaban J connectivity index is 2.37. The highest BCUT2D eigenvalue weighted by atomic mass is 35.5. The average molecular weight is 235 g/mol. The number of halogens is 1. The van der Waals surface area contributed by atoms with Crippen LogP contribution in [0.15, 0.2) is 36.4 Å². The highest BCUT2D eigenvalue weighted by Crippen LogP contribution is 2.23. The molecule has 0 atom stereocenters. The molecular weight excluding hydrogens is 224 g/mol. The normalized spacial score (nSPS) is 10.1. The number of aromatic nitrogens is 2. The van der Waals surface area contributed by atoms with Gasteiger partial charge in [0.2, 0.25) is 5.95 Å². The van der Waals surface area contributed by atoms with Crippen molar-refractivity contribution in [3.63, 3.8) is 0 Å². The van der Waals surface area contributed by atoms with Gasteiger partial charge in [-0.15, -0.1) is 0 Å². The Morgan fingerprint density at radius 3 is 2.50 bits per heavy atom. The molecule has 0 radical (unpaired) electrons. The van der Waals surface area contributed by atoms with E-state index in [1.807, 2.05) is 42.3 Å². The molecule has 2 N–H and O–H groups in total. The molecule has 5 heteroatoms. The van der Waals surface area contributed by atoms with Gasteiger partial charge in [-0.25, -0.2) is 4.98 Å². The predicted molar refractivity (Wildman–Crippen MR) is 66.0 cm³/mol. The SMILES string of the molecule is CN(c1ccccc1)c1cc(Cl)nc(N)n1. The largest absolute Gasteiger partial charge is 0.368 e. The first-order chi connectivity index (χ1) is 7.66. The number of nitrogen functional groups attached to an aromatic ring is 1. The number of para-hydroxylation sites is 1. The van der Waals surface area contributed by atoms with E-state index < -0.39 is 0 Å². The van der Waals surface area contributed by atoms with E-state index in [4.69, 9.17) is 17.3 Å². The molecule has 0 aliphatic rings. The van der Waals surface area contributed by atoms with E-state index in [-0.39, 0.29) is 5.95 Å². The number of nitrogens with two attached hydrogens (primary N) is 1. The molecule has 0 fully saturated rings. The van der Waals surface area contributed by atoms with Crippen LogP contribution < -0.4 is 10.6 Å². The van der Waals surface area contributed by atoms with Crippen molar-refractivity contribution in [3.05, 3.63) is 41.6 Å². The van der Waals surface area contributed by atoms with Crippen LogP contribution in [0.25, 0.3) is 0 Å². The maximum Gasteiger partial charge on any atom is 0.223 e. The van der Waals surface area contributed by atoms with Crippen LogP contribution in [-0.4, -0.2) is 17.0 Å². The molecule has 0 aliphatic carbocycles. The van der Waals surface area contributed by atoms with Gasteiger partial charge in [0.15, 0.2) is 0 Å². The molecule has 4 nitrogen and oxygen atoms in total. The lowest BCUT2D eigenvalue weighted by Crippen LogP contribution is -2.12. The zero-order valence-electron chi connectivity index (χ0n) is 8.76. The second kappa shape index (κ2) is 4.37. The van der Waals surface area contributed by atoms with E-state index in [0.29, 0.717) is 11.0 Å². The summed E-state index contributed by atoms with van der Waals surface area (Å²) in [5.41, 5.74) is 6.55. The fourth-order valence-electron chi connectivity index (χ4n) is 1.38. The maximum absolute atomic E-state index is 5.82. The fraction of sp³-hybridized carbons (Fsp3) is 0.0909. The van der Waals surface area contributed by atoms with E-state index in [1.165, 1.54) is 0 Å². The summed E-state index contributed by atoms with van der Waals surface area (Å²) in [6, 6.07) is 11.5. The van der Waals surface area contributed by atoms with Crippen molar-refractivity contribution < 1.29 is 0 Å².